The fourth-order valence-corrected chi connectivity index (χ4v) is 11.1. The van der Waals surface area contributed by atoms with E-state index in [4.69, 9.17) is 4.74 Å². The van der Waals surface area contributed by atoms with Crippen LogP contribution in [-0.4, -0.2) is 47.4 Å². The third kappa shape index (κ3) is 63.4. The van der Waals surface area contributed by atoms with Crippen LogP contribution in [0.2, 0.25) is 0 Å². The topological polar surface area (TPSA) is 95.9 Å². The maximum atomic E-state index is 12.5. The van der Waals surface area contributed by atoms with E-state index in [0.717, 1.165) is 44.9 Å². The second-order valence-electron chi connectivity index (χ2n) is 24.2. The summed E-state index contributed by atoms with van der Waals surface area (Å²) in [6.45, 7) is 4.98. The Kier molecular flexibility index (Phi) is 65.4. The molecule has 0 radical (unpaired) electrons. The van der Waals surface area contributed by atoms with Gasteiger partial charge in [0.05, 0.1) is 25.4 Å². The highest BCUT2D eigenvalue weighted by Crippen LogP contribution is 2.19. The second kappa shape index (κ2) is 66.8. The van der Waals surface area contributed by atoms with Crippen molar-refractivity contribution < 1.29 is 24.5 Å². The fraction of sp³-hybridized carbons (Fsp3) is 0.915. The predicted molar refractivity (Wildman–Crippen MR) is 338 cm³/mol. The number of nitrogens with one attached hydrogen (secondary N) is 1. The normalized spacial score (nSPS) is 12.6. The molecular formula is C71H137NO5. The molecule has 0 spiro atoms. The van der Waals surface area contributed by atoms with Crippen LogP contribution in [0, 0.1) is 0 Å². The van der Waals surface area contributed by atoms with Crippen molar-refractivity contribution in [1.29, 1.82) is 0 Å². The lowest BCUT2D eigenvalue weighted by Gasteiger charge is -2.22. The van der Waals surface area contributed by atoms with Gasteiger partial charge in [-0.05, 0) is 77.0 Å². The van der Waals surface area contributed by atoms with Crippen LogP contribution in [0.1, 0.15) is 393 Å². The van der Waals surface area contributed by atoms with Gasteiger partial charge in [-0.25, -0.2) is 0 Å². The minimum absolute atomic E-state index is 0.0132. The van der Waals surface area contributed by atoms with Crippen molar-refractivity contribution in [3.05, 3.63) is 24.3 Å². The average Bonchev–Trinajstić information content (AvgIpc) is 3.43. The highest BCUT2D eigenvalue weighted by molar-refractivity contribution is 5.76. The Hall–Kier alpha value is -1.66. The zero-order chi connectivity index (χ0) is 55.7. The number of carbonyl (C=O) groups is 2. The summed E-state index contributed by atoms with van der Waals surface area (Å²) in [4.78, 5) is 24.6. The first-order valence-electron chi connectivity index (χ1n) is 35.1. The van der Waals surface area contributed by atoms with Gasteiger partial charge in [0, 0.05) is 12.8 Å². The molecule has 77 heavy (non-hydrogen) atoms. The van der Waals surface area contributed by atoms with Gasteiger partial charge in [-0.2, -0.15) is 0 Å². The summed E-state index contributed by atoms with van der Waals surface area (Å²) in [5.41, 5.74) is 0. The molecule has 6 heteroatoms. The van der Waals surface area contributed by atoms with E-state index in [1.54, 1.807) is 0 Å². The number of esters is 1. The van der Waals surface area contributed by atoms with Crippen LogP contribution in [-0.2, 0) is 14.3 Å². The molecule has 0 fully saturated rings. The number of amides is 1. The summed E-state index contributed by atoms with van der Waals surface area (Å²) in [7, 11) is 0. The van der Waals surface area contributed by atoms with Gasteiger partial charge in [-0.3, -0.25) is 9.59 Å². The van der Waals surface area contributed by atoms with Gasteiger partial charge >= 0.3 is 5.97 Å². The number of aliphatic hydroxyl groups excluding tert-OH is 2. The highest BCUT2D eigenvalue weighted by atomic mass is 16.5. The Morgan fingerprint density at radius 3 is 0.922 bits per heavy atom. The first-order valence-corrected chi connectivity index (χ1v) is 35.1. The van der Waals surface area contributed by atoms with Crippen LogP contribution in [0.25, 0.3) is 0 Å². The standard InChI is InChI=1S/C71H137NO5/c1-3-5-7-9-11-13-15-17-19-32-37-41-45-49-53-57-61-65-71(76)77-66-62-58-54-50-46-42-38-34-31-29-27-25-23-21-20-22-24-26-28-30-33-36-40-44-48-52-56-60-64-70(75)72-68(67-73)69(74)63-59-55-51-47-43-39-35-18-16-14-12-10-8-6-4-2/h17,19-21,68-69,73-74H,3-16,18,22-67H2,1-2H3,(H,72,75)/b19-17-,21-20-. The molecule has 0 aliphatic carbocycles. The maximum absolute atomic E-state index is 12.5. The van der Waals surface area contributed by atoms with Crippen LogP contribution in [0.3, 0.4) is 0 Å². The third-order valence-corrected chi connectivity index (χ3v) is 16.5. The van der Waals surface area contributed by atoms with Crippen molar-refractivity contribution in [2.45, 2.75) is 405 Å². The zero-order valence-corrected chi connectivity index (χ0v) is 52.2. The largest absolute Gasteiger partial charge is 0.466 e. The predicted octanol–water partition coefficient (Wildman–Crippen LogP) is 22.5. The van der Waals surface area contributed by atoms with E-state index >= 15 is 0 Å². The minimum atomic E-state index is -0.664. The maximum Gasteiger partial charge on any atom is 0.305 e. The van der Waals surface area contributed by atoms with Gasteiger partial charge in [0.2, 0.25) is 5.91 Å². The summed E-state index contributed by atoms with van der Waals surface area (Å²) in [5, 5.41) is 23.3. The minimum Gasteiger partial charge on any atom is -0.466 e. The van der Waals surface area contributed by atoms with Crippen molar-refractivity contribution in [3.63, 3.8) is 0 Å². The Balaban J connectivity index is 3.36. The molecular weight excluding hydrogens is 947 g/mol. The fourth-order valence-electron chi connectivity index (χ4n) is 11.1. The van der Waals surface area contributed by atoms with E-state index in [2.05, 4.69) is 43.5 Å². The Morgan fingerprint density at radius 1 is 0.351 bits per heavy atom. The van der Waals surface area contributed by atoms with Crippen LogP contribution in [0.5, 0.6) is 0 Å². The lowest BCUT2D eigenvalue weighted by atomic mass is 10.0. The van der Waals surface area contributed by atoms with Crippen molar-refractivity contribution in [1.82, 2.24) is 5.32 Å². The summed E-state index contributed by atoms with van der Waals surface area (Å²) >= 11 is 0. The molecule has 0 aliphatic rings. The molecule has 2 unspecified atom stereocenters. The Morgan fingerprint density at radius 2 is 0.610 bits per heavy atom. The monoisotopic (exact) mass is 1080 g/mol. The first-order chi connectivity index (χ1) is 38.0. The molecule has 0 aromatic carbocycles. The van der Waals surface area contributed by atoms with Crippen molar-refractivity contribution in [3.8, 4) is 0 Å². The lowest BCUT2D eigenvalue weighted by molar-refractivity contribution is -0.143. The summed E-state index contributed by atoms with van der Waals surface area (Å²) in [6, 6.07) is -0.541. The summed E-state index contributed by atoms with van der Waals surface area (Å²) in [5.74, 6) is -0.0190. The summed E-state index contributed by atoms with van der Waals surface area (Å²) in [6.07, 6.45) is 83.7. The third-order valence-electron chi connectivity index (χ3n) is 16.5. The molecule has 0 saturated carbocycles. The van der Waals surface area contributed by atoms with Crippen LogP contribution >= 0.6 is 0 Å². The molecule has 2 atom stereocenters. The molecule has 3 N–H and O–H groups in total. The van der Waals surface area contributed by atoms with Crippen molar-refractivity contribution >= 4 is 11.9 Å². The molecule has 0 aliphatic heterocycles. The lowest BCUT2D eigenvalue weighted by Crippen LogP contribution is -2.45. The van der Waals surface area contributed by atoms with Gasteiger partial charge in [0.1, 0.15) is 0 Å². The number of unbranched alkanes of at least 4 members (excludes halogenated alkanes) is 51. The number of hydrogen-bond donors (Lipinski definition) is 3. The number of ether oxygens (including phenoxy) is 1. The van der Waals surface area contributed by atoms with Gasteiger partial charge < -0.3 is 20.3 Å². The van der Waals surface area contributed by atoms with Crippen LogP contribution < -0.4 is 5.32 Å². The molecule has 0 aromatic rings. The number of aliphatic hydroxyl groups is 2. The molecule has 1 amide bonds. The SMILES string of the molecule is CCCCCCCC/C=C\CCCCCCCCCC(=O)OCCCCCCCCCCCCCC/C=C\CCCCCCCCCCCCCCC(=O)NC(CO)C(O)CCCCCCCCCCCCCCCCC. The van der Waals surface area contributed by atoms with Crippen molar-refractivity contribution in [2.75, 3.05) is 13.2 Å². The smallest absolute Gasteiger partial charge is 0.305 e. The van der Waals surface area contributed by atoms with E-state index in [9.17, 15) is 19.8 Å². The molecule has 0 heterocycles. The number of rotatable bonds is 66. The average molecular weight is 1080 g/mol. The van der Waals surface area contributed by atoms with Gasteiger partial charge in [0.15, 0.2) is 0 Å². The quantitative estimate of drug-likeness (QED) is 0.0320. The molecule has 0 rings (SSSR count). The molecule has 0 bridgehead atoms. The second-order valence-corrected chi connectivity index (χ2v) is 24.2. The van der Waals surface area contributed by atoms with Crippen molar-refractivity contribution in [2.24, 2.45) is 0 Å². The zero-order valence-electron chi connectivity index (χ0n) is 52.2. The number of carbonyl (C=O) groups excluding carboxylic acids is 2. The van der Waals surface area contributed by atoms with E-state index < -0.39 is 12.1 Å². The number of allylic oxidation sites excluding steroid dienone is 4. The van der Waals surface area contributed by atoms with Gasteiger partial charge in [0.25, 0.3) is 0 Å². The van der Waals surface area contributed by atoms with Gasteiger partial charge in [-0.1, -0.05) is 327 Å². The first kappa shape index (κ1) is 75.3. The van der Waals surface area contributed by atoms with E-state index in [-0.39, 0.29) is 18.5 Å². The Bertz CT molecular complexity index is 1200. The highest BCUT2D eigenvalue weighted by Gasteiger charge is 2.20. The number of hydrogen-bond acceptors (Lipinski definition) is 5. The molecule has 6 nitrogen and oxygen atoms in total. The molecule has 0 saturated heterocycles. The van der Waals surface area contributed by atoms with E-state index in [1.165, 1.54) is 315 Å². The molecule has 456 valence electrons. The van der Waals surface area contributed by atoms with Crippen LogP contribution in [0.15, 0.2) is 24.3 Å². The Labute approximate surface area is 481 Å². The molecule has 0 aromatic heterocycles. The van der Waals surface area contributed by atoms with E-state index in [1.807, 2.05) is 0 Å². The van der Waals surface area contributed by atoms with Crippen LogP contribution in [0.4, 0.5) is 0 Å². The summed E-state index contributed by atoms with van der Waals surface area (Å²) < 4.78 is 5.50. The van der Waals surface area contributed by atoms with E-state index in [0.29, 0.717) is 25.9 Å². The van der Waals surface area contributed by atoms with Gasteiger partial charge in [-0.15, -0.1) is 0 Å².